The standard InChI is InChI=1S/C14H11ClN2O4/c15-8-4-5-11-12(6-8)14(19)16(13(11)18)9-2-1-3-10(7-9)17(20)21/h1-4,7,11-12H,5-6H2/t11-,12+/m1/s1. The molecule has 0 radical (unpaired) electrons. The highest BCUT2D eigenvalue weighted by molar-refractivity contribution is 6.30. The number of halogens is 1. The van der Waals surface area contributed by atoms with Gasteiger partial charge in [-0.1, -0.05) is 23.7 Å². The minimum atomic E-state index is -0.556. The van der Waals surface area contributed by atoms with Crippen LogP contribution in [0.5, 0.6) is 0 Å². The topological polar surface area (TPSA) is 80.5 Å². The van der Waals surface area contributed by atoms with Crippen LogP contribution in [-0.4, -0.2) is 16.7 Å². The Kier molecular flexibility index (Phi) is 3.25. The lowest BCUT2D eigenvalue weighted by Crippen LogP contribution is -2.30. The number of rotatable bonds is 2. The van der Waals surface area contributed by atoms with Gasteiger partial charge in [-0.3, -0.25) is 19.7 Å². The highest BCUT2D eigenvalue weighted by atomic mass is 35.5. The van der Waals surface area contributed by atoms with Crippen molar-refractivity contribution in [2.75, 3.05) is 4.90 Å². The summed E-state index contributed by atoms with van der Waals surface area (Å²) in [6, 6.07) is 5.54. The fourth-order valence-corrected chi connectivity index (χ4v) is 3.08. The predicted molar refractivity (Wildman–Crippen MR) is 75.7 cm³/mol. The zero-order valence-electron chi connectivity index (χ0n) is 10.9. The first-order valence-corrected chi connectivity index (χ1v) is 6.83. The molecule has 1 fully saturated rings. The zero-order chi connectivity index (χ0) is 15.1. The van der Waals surface area contributed by atoms with Crippen LogP contribution in [0, 0.1) is 22.0 Å². The molecule has 1 saturated heterocycles. The van der Waals surface area contributed by atoms with Crippen molar-refractivity contribution in [2.24, 2.45) is 11.8 Å². The van der Waals surface area contributed by atoms with Crippen LogP contribution in [0.15, 0.2) is 35.4 Å². The molecule has 1 heterocycles. The molecular weight excluding hydrogens is 296 g/mol. The van der Waals surface area contributed by atoms with Gasteiger partial charge >= 0.3 is 0 Å². The second kappa shape index (κ2) is 4.96. The largest absolute Gasteiger partial charge is 0.274 e. The summed E-state index contributed by atoms with van der Waals surface area (Å²) in [4.78, 5) is 36.1. The highest BCUT2D eigenvalue weighted by Crippen LogP contribution is 2.41. The molecule has 0 saturated carbocycles. The van der Waals surface area contributed by atoms with E-state index in [2.05, 4.69) is 0 Å². The van der Waals surface area contributed by atoms with Crippen LogP contribution in [0.1, 0.15) is 12.8 Å². The summed E-state index contributed by atoms with van der Waals surface area (Å²) in [6.45, 7) is 0. The van der Waals surface area contributed by atoms with E-state index >= 15 is 0 Å². The second-order valence-corrected chi connectivity index (χ2v) is 5.58. The zero-order valence-corrected chi connectivity index (χ0v) is 11.6. The summed E-state index contributed by atoms with van der Waals surface area (Å²) in [5.74, 6) is -1.53. The Labute approximate surface area is 125 Å². The number of nitrogens with zero attached hydrogens (tertiary/aromatic N) is 2. The number of non-ortho nitro benzene ring substituents is 1. The smallest absolute Gasteiger partial charge is 0.271 e. The van der Waals surface area contributed by atoms with E-state index in [1.165, 1.54) is 24.3 Å². The van der Waals surface area contributed by atoms with Crippen LogP contribution in [0.2, 0.25) is 0 Å². The third-order valence-corrected chi connectivity index (χ3v) is 4.18. The van der Waals surface area contributed by atoms with E-state index in [9.17, 15) is 19.7 Å². The maximum absolute atomic E-state index is 12.4. The predicted octanol–water partition coefficient (Wildman–Crippen LogP) is 2.62. The van der Waals surface area contributed by atoms with E-state index in [1.807, 2.05) is 0 Å². The summed E-state index contributed by atoms with van der Waals surface area (Å²) in [5, 5.41) is 11.4. The van der Waals surface area contributed by atoms with Crippen LogP contribution >= 0.6 is 11.6 Å². The highest BCUT2D eigenvalue weighted by Gasteiger charge is 2.49. The second-order valence-electron chi connectivity index (χ2n) is 5.09. The Bertz CT molecular complexity index is 685. The van der Waals surface area contributed by atoms with Crippen molar-refractivity contribution in [1.29, 1.82) is 0 Å². The van der Waals surface area contributed by atoms with Crippen molar-refractivity contribution >= 4 is 34.8 Å². The number of fused-ring (bicyclic) bond motifs is 1. The third-order valence-electron chi connectivity index (χ3n) is 3.87. The van der Waals surface area contributed by atoms with E-state index < -0.39 is 16.8 Å². The van der Waals surface area contributed by atoms with E-state index in [-0.39, 0.29) is 23.2 Å². The molecule has 108 valence electrons. The van der Waals surface area contributed by atoms with Crippen LogP contribution < -0.4 is 4.90 Å². The van der Waals surface area contributed by atoms with Crippen molar-refractivity contribution in [2.45, 2.75) is 12.8 Å². The SMILES string of the molecule is O=C1[C@H]2CC(Cl)=CC[C@H]2C(=O)N1c1cccc([N+](=O)[O-])c1. The normalized spacial score (nSPS) is 24.8. The van der Waals surface area contributed by atoms with Gasteiger partial charge in [0.2, 0.25) is 11.8 Å². The molecule has 21 heavy (non-hydrogen) atoms. The number of hydrogen-bond donors (Lipinski definition) is 0. The molecule has 0 N–H and O–H groups in total. The molecule has 2 amide bonds. The van der Waals surface area contributed by atoms with Crippen molar-refractivity contribution in [3.8, 4) is 0 Å². The monoisotopic (exact) mass is 306 g/mol. The quantitative estimate of drug-likeness (QED) is 0.478. The Morgan fingerprint density at radius 2 is 1.95 bits per heavy atom. The lowest BCUT2D eigenvalue weighted by molar-refractivity contribution is -0.384. The first kappa shape index (κ1) is 13.8. The van der Waals surface area contributed by atoms with Crippen molar-refractivity contribution in [3.63, 3.8) is 0 Å². The first-order chi connectivity index (χ1) is 9.99. The average Bonchev–Trinajstić information content (AvgIpc) is 2.70. The minimum Gasteiger partial charge on any atom is -0.274 e. The van der Waals surface area contributed by atoms with Gasteiger partial charge in [-0.05, 0) is 18.9 Å². The summed E-state index contributed by atoms with van der Waals surface area (Å²) >= 11 is 5.95. The van der Waals surface area contributed by atoms with Crippen LogP contribution in [0.3, 0.4) is 0 Å². The Morgan fingerprint density at radius 1 is 1.24 bits per heavy atom. The van der Waals surface area contributed by atoms with Gasteiger partial charge in [0.05, 0.1) is 22.4 Å². The van der Waals surface area contributed by atoms with Gasteiger partial charge in [-0.15, -0.1) is 0 Å². The lowest BCUT2D eigenvalue weighted by Gasteiger charge is -2.17. The number of benzene rings is 1. The van der Waals surface area contributed by atoms with Crippen LogP contribution in [-0.2, 0) is 9.59 Å². The molecule has 1 aliphatic heterocycles. The summed E-state index contributed by atoms with van der Waals surface area (Å²) in [6.07, 6.45) is 2.53. The van der Waals surface area contributed by atoms with Gasteiger partial charge in [0.15, 0.2) is 0 Å². The molecule has 0 bridgehead atoms. The van der Waals surface area contributed by atoms with E-state index in [0.717, 1.165) is 4.90 Å². The fourth-order valence-electron chi connectivity index (χ4n) is 2.83. The van der Waals surface area contributed by atoms with Crippen molar-refractivity contribution in [3.05, 3.63) is 45.5 Å². The first-order valence-electron chi connectivity index (χ1n) is 6.46. The maximum atomic E-state index is 12.4. The number of imide groups is 1. The maximum Gasteiger partial charge on any atom is 0.271 e. The van der Waals surface area contributed by atoms with Crippen LogP contribution in [0.25, 0.3) is 0 Å². The van der Waals surface area contributed by atoms with Gasteiger partial charge in [0.25, 0.3) is 5.69 Å². The lowest BCUT2D eigenvalue weighted by atomic mass is 9.85. The Morgan fingerprint density at radius 3 is 2.67 bits per heavy atom. The molecule has 0 spiro atoms. The van der Waals surface area contributed by atoms with Crippen molar-refractivity contribution < 1.29 is 14.5 Å². The molecule has 0 unspecified atom stereocenters. The van der Waals surface area contributed by atoms with E-state index in [0.29, 0.717) is 17.9 Å². The number of nitro benzene ring substituents is 1. The molecule has 2 aliphatic rings. The van der Waals surface area contributed by atoms with Gasteiger partial charge < -0.3 is 0 Å². The van der Waals surface area contributed by atoms with Gasteiger partial charge in [0, 0.05) is 17.2 Å². The summed E-state index contributed by atoms with van der Waals surface area (Å²) < 4.78 is 0. The van der Waals surface area contributed by atoms with Crippen molar-refractivity contribution in [1.82, 2.24) is 0 Å². The molecule has 1 aromatic rings. The summed E-state index contributed by atoms with van der Waals surface area (Å²) in [5.41, 5.74) is 0.0869. The third kappa shape index (κ3) is 2.21. The molecule has 2 atom stereocenters. The number of nitro groups is 1. The number of anilines is 1. The van der Waals surface area contributed by atoms with Crippen LogP contribution in [0.4, 0.5) is 11.4 Å². The van der Waals surface area contributed by atoms with E-state index in [4.69, 9.17) is 11.6 Å². The number of hydrogen-bond acceptors (Lipinski definition) is 4. The summed E-state index contributed by atoms with van der Waals surface area (Å²) in [7, 11) is 0. The van der Waals surface area contributed by atoms with E-state index in [1.54, 1.807) is 6.08 Å². The van der Waals surface area contributed by atoms with Gasteiger partial charge in [-0.2, -0.15) is 0 Å². The minimum absolute atomic E-state index is 0.154. The molecule has 0 aromatic heterocycles. The molecule has 1 aliphatic carbocycles. The number of allylic oxidation sites excluding steroid dienone is 2. The number of carbonyl (C=O) groups is 2. The fraction of sp³-hybridized carbons (Fsp3) is 0.286. The number of carbonyl (C=O) groups excluding carboxylic acids is 2. The molecule has 1 aromatic carbocycles. The average molecular weight is 307 g/mol. The molecule has 7 heteroatoms. The molecule has 6 nitrogen and oxygen atoms in total. The molecule has 3 rings (SSSR count). The Balaban J connectivity index is 1.97. The van der Waals surface area contributed by atoms with Gasteiger partial charge in [-0.25, -0.2) is 4.90 Å². The Hall–Kier alpha value is -2.21. The number of amides is 2. The van der Waals surface area contributed by atoms with Gasteiger partial charge in [0.1, 0.15) is 0 Å². The molecular formula is C14H11ClN2O4.